The maximum Gasteiger partial charge on any atom is 0.195 e. The number of fused-ring (bicyclic) bond motifs is 1. The summed E-state index contributed by atoms with van der Waals surface area (Å²) >= 11 is 6.23. The molecular formula is C15H23ClIN3O2. The number of guanidine groups is 1. The Bertz CT molecular complexity index is 526. The Balaban J connectivity index is 0.00000242. The Kier molecular flexibility index (Phi) is 7.55. The van der Waals surface area contributed by atoms with Crippen molar-refractivity contribution in [1.29, 1.82) is 0 Å². The van der Waals surface area contributed by atoms with Gasteiger partial charge in [-0.05, 0) is 24.1 Å². The Morgan fingerprint density at radius 3 is 2.41 bits per heavy atom. The Labute approximate surface area is 154 Å². The summed E-state index contributed by atoms with van der Waals surface area (Å²) in [6, 6.07) is 3.91. The van der Waals surface area contributed by atoms with Gasteiger partial charge in [-0.15, -0.1) is 24.0 Å². The van der Waals surface area contributed by atoms with E-state index in [4.69, 9.17) is 21.1 Å². The molecule has 1 aliphatic rings. The molecule has 0 fully saturated rings. The molecule has 0 unspecified atom stereocenters. The van der Waals surface area contributed by atoms with E-state index in [-0.39, 0.29) is 24.0 Å². The molecule has 1 heterocycles. The molecule has 2 rings (SSSR count). The van der Waals surface area contributed by atoms with Crippen molar-refractivity contribution in [3.63, 3.8) is 0 Å². The highest BCUT2D eigenvalue weighted by atomic mass is 127. The maximum atomic E-state index is 6.23. The molecule has 0 spiro atoms. The second kappa shape index (κ2) is 8.67. The van der Waals surface area contributed by atoms with Crippen LogP contribution >= 0.6 is 35.6 Å². The number of rotatable bonds is 3. The van der Waals surface area contributed by atoms with Gasteiger partial charge < -0.3 is 19.3 Å². The quantitative estimate of drug-likeness (QED) is 0.412. The molecule has 0 saturated carbocycles. The molecule has 5 nitrogen and oxygen atoms in total. The predicted octanol–water partition coefficient (Wildman–Crippen LogP) is 2.75. The average molecular weight is 440 g/mol. The first-order valence-electron chi connectivity index (χ1n) is 6.96. The van der Waals surface area contributed by atoms with E-state index in [0.29, 0.717) is 30.5 Å². The zero-order valence-corrected chi connectivity index (χ0v) is 16.5. The Morgan fingerprint density at radius 1 is 1.14 bits per heavy atom. The van der Waals surface area contributed by atoms with Crippen LogP contribution in [-0.4, -0.2) is 63.7 Å². The second-order valence-electron chi connectivity index (χ2n) is 5.32. The predicted molar refractivity (Wildman–Crippen MR) is 101 cm³/mol. The van der Waals surface area contributed by atoms with Gasteiger partial charge in [0, 0.05) is 34.7 Å². The number of benzene rings is 1. The van der Waals surface area contributed by atoms with Crippen LogP contribution in [0.1, 0.15) is 5.56 Å². The monoisotopic (exact) mass is 439 g/mol. The van der Waals surface area contributed by atoms with Crippen LogP contribution < -0.4 is 9.47 Å². The second-order valence-corrected chi connectivity index (χ2v) is 5.73. The van der Waals surface area contributed by atoms with Crippen molar-refractivity contribution in [3.8, 4) is 11.5 Å². The summed E-state index contributed by atoms with van der Waals surface area (Å²) in [6.07, 6.45) is 0.807. The summed E-state index contributed by atoms with van der Waals surface area (Å²) in [5.41, 5.74) is 1.10. The third-order valence-corrected chi connectivity index (χ3v) is 3.39. The highest BCUT2D eigenvalue weighted by Crippen LogP contribution is 2.38. The molecule has 1 aromatic carbocycles. The summed E-state index contributed by atoms with van der Waals surface area (Å²) in [6.45, 7) is 1.81. The van der Waals surface area contributed by atoms with Crippen LogP contribution in [0, 0.1) is 0 Å². The molecule has 0 N–H and O–H groups in total. The van der Waals surface area contributed by atoms with E-state index in [1.807, 2.05) is 50.1 Å². The Hall–Kier alpha value is -0.890. The zero-order chi connectivity index (χ0) is 15.4. The van der Waals surface area contributed by atoms with E-state index in [1.54, 1.807) is 0 Å². The molecule has 1 aromatic rings. The van der Waals surface area contributed by atoms with Crippen molar-refractivity contribution < 1.29 is 9.47 Å². The van der Waals surface area contributed by atoms with E-state index in [2.05, 4.69) is 4.99 Å². The van der Waals surface area contributed by atoms with Gasteiger partial charge in [0.1, 0.15) is 13.2 Å². The Morgan fingerprint density at radius 2 is 1.77 bits per heavy atom. The first kappa shape index (κ1) is 19.2. The lowest BCUT2D eigenvalue weighted by atomic mass is 10.1. The number of aliphatic imine (C=N–C) groups is 1. The molecule has 0 aromatic heterocycles. The third-order valence-electron chi connectivity index (χ3n) is 3.11. The van der Waals surface area contributed by atoms with Gasteiger partial charge in [-0.25, -0.2) is 0 Å². The molecule has 0 bridgehead atoms. The summed E-state index contributed by atoms with van der Waals surface area (Å²) in [5.74, 6) is 2.32. The average Bonchev–Trinajstić information content (AvgIpc) is 2.43. The number of ether oxygens (including phenoxy) is 2. The molecule has 0 radical (unpaired) electrons. The van der Waals surface area contributed by atoms with Crippen LogP contribution in [0.15, 0.2) is 17.1 Å². The van der Waals surface area contributed by atoms with Gasteiger partial charge in [-0.3, -0.25) is 4.99 Å². The lowest BCUT2D eigenvalue weighted by Gasteiger charge is -2.23. The van der Waals surface area contributed by atoms with Gasteiger partial charge in [-0.1, -0.05) is 11.6 Å². The van der Waals surface area contributed by atoms with Gasteiger partial charge in [0.05, 0.1) is 5.02 Å². The third kappa shape index (κ3) is 4.81. The molecule has 0 saturated heterocycles. The molecule has 0 aliphatic carbocycles. The van der Waals surface area contributed by atoms with Crippen LogP contribution in [0.5, 0.6) is 11.5 Å². The number of hydrogen-bond acceptors (Lipinski definition) is 3. The van der Waals surface area contributed by atoms with Gasteiger partial charge in [-0.2, -0.15) is 0 Å². The molecule has 124 valence electrons. The number of nitrogens with zero attached hydrogens (tertiary/aromatic N) is 3. The van der Waals surface area contributed by atoms with E-state index in [9.17, 15) is 0 Å². The summed E-state index contributed by atoms with van der Waals surface area (Å²) in [7, 11) is 7.94. The first-order valence-corrected chi connectivity index (χ1v) is 7.34. The molecular weight excluding hydrogens is 417 g/mol. The van der Waals surface area contributed by atoms with Gasteiger partial charge in [0.2, 0.25) is 0 Å². The fourth-order valence-electron chi connectivity index (χ4n) is 2.28. The smallest absolute Gasteiger partial charge is 0.195 e. The van der Waals surface area contributed by atoms with Crippen LogP contribution in [0.4, 0.5) is 0 Å². The van der Waals surface area contributed by atoms with Crippen LogP contribution in [0.25, 0.3) is 0 Å². The highest BCUT2D eigenvalue weighted by Gasteiger charge is 2.16. The van der Waals surface area contributed by atoms with E-state index >= 15 is 0 Å². The lowest BCUT2D eigenvalue weighted by Crippen LogP contribution is -2.35. The van der Waals surface area contributed by atoms with Crippen LogP contribution in [0.3, 0.4) is 0 Å². The molecule has 0 amide bonds. The van der Waals surface area contributed by atoms with Crippen LogP contribution in [0.2, 0.25) is 5.02 Å². The molecule has 7 heteroatoms. The standard InChI is InChI=1S/C15H22ClN3O2.HI/c1-18(2)15(19(3)4)17-6-5-11-9-12(16)14-13(10-11)20-7-8-21-14;/h9-10H,5-8H2,1-4H3;1H. The topological polar surface area (TPSA) is 37.3 Å². The van der Waals surface area contributed by atoms with Crippen molar-refractivity contribution in [2.75, 3.05) is 47.9 Å². The van der Waals surface area contributed by atoms with E-state index < -0.39 is 0 Å². The van der Waals surface area contributed by atoms with Gasteiger partial charge in [0.25, 0.3) is 0 Å². The minimum Gasteiger partial charge on any atom is -0.486 e. The van der Waals surface area contributed by atoms with Crippen molar-refractivity contribution >= 4 is 41.5 Å². The molecule has 0 atom stereocenters. The fourth-order valence-corrected chi connectivity index (χ4v) is 2.56. The molecule has 1 aliphatic heterocycles. The minimum atomic E-state index is 0. The van der Waals surface area contributed by atoms with E-state index in [0.717, 1.165) is 23.7 Å². The highest BCUT2D eigenvalue weighted by molar-refractivity contribution is 14.0. The van der Waals surface area contributed by atoms with E-state index in [1.165, 1.54) is 0 Å². The zero-order valence-electron chi connectivity index (χ0n) is 13.4. The van der Waals surface area contributed by atoms with Crippen molar-refractivity contribution in [3.05, 3.63) is 22.7 Å². The normalized spacial score (nSPS) is 12.2. The van der Waals surface area contributed by atoms with Crippen molar-refractivity contribution in [1.82, 2.24) is 9.80 Å². The largest absolute Gasteiger partial charge is 0.486 e. The SMILES string of the molecule is CN(C)C(=NCCc1cc(Cl)c2c(c1)OCCO2)N(C)C.I. The van der Waals surface area contributed by atoms with Crippen LogP contribution in [-0.2, 0) is 6.42 Å². The van der Waals surface area contributed by atoms with Crippen molar-refractivity contribution in [2.45, 2.75) is 6.42 Å². The number of hydrogen-bond donors (Lipinski definition) is 0. The lowest BCUT2D eigenvalue weighted by molar-refractivity contribution is 0.171. The maximum absolute atomic E-state index is 6.23. The summed E-state index contributed by atoms with van der Waals surface area (Å²) in [4.78, 5) is 8.61. The molecule has 22 heavy (non-hydrogen) atoms. The van der Waals surface area contributed by atoms with Gasteiger partial charge >= 0.3 is 0 Å². The fraction of sp³-hybridized carbons (Fsp3) is 0.533. The summed E-state index contributed by atoms with van der Waals surface area (Å²) < 4.78 is 11.1. The minimum absolute atomic E-state index is 0. The van der Waals surface area contributed by atoms with Crippen molar-refractivity contribution in [2.24, 2.45) is 4.99 Å². The van der Waals surface area contributed by atoms with Gasteiger partial charge in [0.15, 0.2) is 17.5 Å². The number of halogens is 2. The summed E-state index contributed by atoms with van der Waals surface area (Å²) in [5, 5.41) is 0.603. The first-order chi connectivity index (χ1) is 9.99.